The van der Waals surface area contributed by atoms with E-state index in [1.807, 2.05) is 4.72 Å². The summed E-state index contributed by atoms with van der Waals surface area (Å²) in [6.07, 6.45) is 0. The van der Waals surface area contributed by atoms with Crippen molar-refractivity contribution in [2.45, 2.75) is 4.90 Å². The molecule has 0 bridgehead atoms. The number of sulfonamides is 1. The second-order valence-electron chi connectivity index (χ2n) is 5.54. The highest BCUT2D eigenvalue weighted by Gasteiger charge is 2.29. The van der Waals surface area contributed by atoms with Crippen molar-refractivity contribution in [3.05, 3.63) is 72.3 Å². The van der Waals surface area contributed by atoms with E-state index >= 15 is 4.39 Å². The molecule has 140 valence electrons. The third-order valence-electron chi connectivity index (χ3n) is 3.87. The van der Waals surface area contributed by atoms with Gasteiger partial charge in [0.2, 0.25) is 0 Å². The van der Waals surface area contributed by atoms with Gasteiger partial charge < -0.3 is 9.84 Å². The smallest absolute Gasteiger partial charge is 0.262 e. The minimum atomic E-state index is -4.20. The molecular formula is C19H15F2NO4S. The van der Waals surface area contributed by atoms with Crippen molar-refractivity contribution >= 4 is 15.7 Å². The van der Waals surface area contributed by atoms with Crippen LogP contribution in [0.2, 0.25) is 0 Å². The molecule has 3 aromatic carbocycles. The van der Waals surface area contributed by atoms with Crippen LogP contribution in [0.25, 0.3) is 11.1 Å². The van der Waals surface area contributed by atoms with Crippen LogP contribution in [0.5, 0.6) is 11.5 Å². The highest BCUT2D eigenvalue weighted by Crippen LogP contribution is 2.45. The van der Waals surface area contributed by atoms with Crippen LogP contribution in [0, 0.1) is 11.6 Å². The van der Waals surface area contributed by atoms with Crippen LogP contribution in [-0.2, 0) is 10.0 Å². The quantitative estimate of drug-likeness (QED) is 0.685. The van der Waals surface area contributed by atoms with E-state index in [1.165, 1.54) is 36.4 Å². The lowest BCUT2D eigenvalue weighted by atomic mass is 10.0. The summed E-state index contributed by atoms with van der Waals surface area (Å²) in [5, 5.41) is 10.1. The van der Waals surface area contributed by atoms with Crippen molar-refractivity contribution in [2.24, 2.45) is 0 Å². The predicted molar refractivity (Wildman–Crippen MR) is 97.3 cm³/mol. The molecule has 0 saturated heterocycles. The zero-order valence-electron chi connectivity index (χ0n) is 14.1. The SMILES string of the molecule is COc1c(O)c(F)c(-c2ccccc2)c(F)c1NS(=O)(=O)c1ccccc1. The molecule has 0 aliphatic carbocycles. The van der Waals surface area contributed by atoms with E-state index < -0.39 is 44.4 Å². The van der Waals surface area contributed by atoms with Gasteiger partial charge in [-0.25, -0.2) is 17.2 Å². The van der Waals surface area contributed by atoms with E-state index in [0.717, 1.165) is 7.11 Å². The standard InChI is InChI=1S/C19H15F2NO4S/c1-26-19-17(22-27(24,25)13-10-6-3-7-11-13)15(20)14(16(21)18(19)23)12-8-4-2-5-9-12/h2-11,22-23H,1H3. The van der Waals surface area contributed by atoms with Gasteiger partial charge in [0, 0.05) is 0 Å². The largest absolute Gasteiger partial charge is 0.502 e. The molecule has 0 radical (unpaired) electrons. The predicted octanol–water partition coefficient (Wildman–Crippen LogP) is 4.15. The van der Waals surface area contributed by atoms with Gasteiger partial charge in [-0.15, -0.1) is 0 Å². The van der Waals surface area contributed by atoms with E-state index in [1.54, 1.807) is 24.3 Å². The maximum Gasteiger partial charge on any atom is 0.262 e. The topological polar surface area (TPSA) is 75.6 Å². The number of ether oxygens (including phenoxy) is 1. The van der Waals surface area contributed by atoms with Crippen molar-refractivity contribution in [2.75, 3.05) is 11.8 Å². The second kappa shape index (κ2) is 7.24. The van der Waals surface area contributed by atoms with Crippen molar-refractivity contribution in [1.29, 1.82) is 0 Å². The number of phenolic OH excluding ortho intramolecular Hbond substituents is 1. The van der Waals surface area contributed by atoms with Crippen molar-refractivity contribution in [3.63, 3.8) is 0 Å². The molecular weight excluding hydrogens is 376 g/mol. The Morgan fingerprint density at radius 2 is 1.48 bits per heavy atom. The molecule has 0 unspecified atom stereocenters. The fraction of sp³-hybridized carbons (Fsp3) is 0.0526. The van der Waals surface area contributed by atoms with Gasteiger partial charge in [-0.2, -0.15) is 0 Å². The van der Waals surface area contributed by atoms with E-state index in [0.29, 0.717) is 0 Å². The summed E-state index contributed by atoms with van der Waals surface area (Å²) in [6, 6.07) is 14.9. The van der Waals surface area contributed by atoms with Crippen LogP contribution >= 0.6 is 0 Å². The molecule has 0 aliphatic rings. The molecule has 0 aromatic heterocycles. The van der Waals surface area contributed by atoms with Gasteiger partial charge in [-0.1, -0.05) is 48.5 Å². The normalized spacial score (nSPS) is 11.2. The van der Waals surface area contributed by atoms with Crippen LogP contribution in [0.1, 0.15) is 0 Å². The Morgan fingerprint density at radius 1 is 0.926 bits per heavy atom. The Bertz CT molecular complexity index is 1070. The van der Waals surface area contributed by atoms with Gasteiger partial charge in [0.15, 0.2) is 23.1 Å². The number of halogens is 2. The molecule has 0 heterocycles. The molecule has 3 aromatic rings. The summed E-state index contributed by atoms with van der Waals surface area (Å²) in [7, 11) is -3.13. The minimum absolute atomic E-state index is 0.128. The lowest BCUT2D eigenvalue weighted by Gasteiger charge is -2.17. The lowest BCUT2D eigenvalue weighted by molar-refractivity contribution is 0.356. The van der Waals surface area contributed by atoms with E-state index in [-0.39, 0.29) is 10.5 Å². The van der Waals surface area contributed by atoms with Gasteiger partial charge >= 0.3 is 0 Å². The van der Waals surface area contributed by atoms with Gasteiger partial charge in [0.1, 0.15) is 5.69 Å². The average molecular weight is 391 g/mol. The summed E-state index contributed by atoms with van der Waals surface area (Å²) in [4.78, 5) is -0.128. The van der Waals surface area contributed by atoms with Gasteiger partial charge in [-0.3, -0.25) is 4.72 Å². The number of nitrogens with one attached hydrogen (secondary N) is 1. The monoisotopic (exact) mass is 391 g/mol. The Labute approximate surface area is 154 Å². The van der Waals surface area contributed by atoms with Crippen molar-refractivity contribution in [3.8, 4) is 22.6 Å². The maximum atomic E-state index is 15.1. The van der Waals surface area contributed by atoms with Gasteiger partial charge in [0.25, 0.3) is 10.0 Å². The van der Waals surface area contributed by atoms with E-state index in [9.17, 15) is 17.9 Å². The molecule has 0 fully saturated rings. The van der Waals surface area contributed by atoms with Crippen LogP contribution in [0.15, 0.2) is 65.6 Å². The Hall–Kier alpha value is -3.13. The molecule has 0 amide bonds. The van der Waals surface area contributed by atoms with Gasteiger partial charge in [0.05, 0.1) is 17.6 Å². The van der Waals surface area contributed by atoms with Crippen LogP contribution in [-0.4, -0.2) is 20.6 Å². The summed E-state index contributed by atoms with van der Waals surface area (Å²) in [5.74, 6) is -4.10. The van der Waals surface area contributed by atoms with E-state index in [2.05, 4.69) is 0 Å². The summed E-state index contributed by atoms with van der Waals surface area (Å²) in [5.41, 5.74) is -1.12. The number of anilines is 1. The summed E-state index contributed by atoms with van der Waals surface area (Å²) >= 11 is 0. The highest BCUT2D eigenvalue weighted by atomic mass is 32.2. The Balaban J connectivity index is 2.22. The Morgan fingerprint density at radius 3 is 2.04 bits per heavy atom. The summed E-state index contributed by atoms with van der Waals surface area (Å²) in [6.45, 7) is 0. The summed E-state index contributed by atoms with van der Waals surface area (Å²) < 4.78 is 61.7. The first-order valence-corrected chi connectivity index (χ1v) is 9.26. The molecule has 0 saturated carbocycles. The number of hydrogen-bond acceptors (Lipinski definition) is 4. The fourth-order valence-corrected chi connectivity index (χ4v) is 3.68. The molecule has 0 spiro atoms. The van der Waals surface area contributed by atoms with E-state index in [4.69, 9.17) is 4.74 Å². The fourth-order valence-electron chi connectivity index (χ4n) is 2.60. The molecule has 3 rings (SSSR count). The first-order chi connectivity index (χ1) is 12.9. The first-order valence-electron chi connectivity index (χ1n) is 7.78. The minimum Gasteiger partial charge on any atom is -0.502 e. The van der Waals surface area contributed by atoms with Gasteiger partial charge in [-0.05, 0) is 17.7 Å². The molecule has 2 N–H and O–H groups in total. The number of benzene rings is 3. The lowest BCUT2D eigenvalue weighted by Crippen LogP contribution is -2.15. The number of phenols is 1. The third-order valence-corrected chi connectivity index (χ3v) is 5.23. The zero-order valence-corrected chi connectivity index (χ0v) is 14.9. The average Bonchev–Trinajstić information content (AvgIpc) is 2.68. The highest BCUT2D eigenvalue weighted by molar-refractivity contribution is 7.92. The van der Waals surface area contributed by atoms with Crippen molar-refractivity contribution < 1.29 is 27.0 Å². The molecule has 8 heteroatoms. The zero-order chi connectivity index (χ0) is 19.6. The molecule has 0 atom stereocenters. The number of rotatable bonds is 5. The maximum absolute atomic E-state index is 15.1. The van der Waals surface area contributed by atoms with Crippen LogP contribution in [0.4, 0.5) is 14.5 Å². The Kier molecular flexibility index (Phi) is 5.00. The third kappa shape index (κ3) is 3.43. The molecule has 5 nitrogen and oxygen atoms in total. The van der Waals surface area contributed by atoms with Crippen LogP contribution < -0.4 is 9.46 Å². The molecule has 0 aliphatic heterocycles. The number of methoxy groups -OCH3 is 1. The van der Waals surface area contributed by atoms with Crippen LogP contribution in [0.3, 0.4) is 0 Å². The second-order valence-corrected chi connectivity index (χ2v) is 7.23. The number of aromatic hydroxyl groups is 1. The molecule has 27 heavy (non-hydrogen) atoms. The van der Waals surface area contributed by atoms with Crippen molar-refractivity contribution in [1.82, 2.24) is 0 Å². The first kappa shape index (κ1) is 18.7. The number of hydrogen-bond donors (Lipinski definition) is 2.